The van der Waals surface area contributed by atoms with E-state index in [0.717, 1.165) is 10.5 Å². The minimum atomic E-state index is 0.685. The van der Waals surface area contributed by atoms with Gasteiger partial charge < -0.3 is 5.32 Å². The third-order valence-electron chi connectivity index (χ3n) is 2.09. The summed E-state index contributed by atoms with van der Waals surface area (Å²) in [7, 11) is 0. The molecule has 0 aliphatic heterocycles. The molecular weight excluding hydrogens is 222 g/mol. The Bertz CT molecular complexity index is 607. The molecule has 6 heteroatoms. The number of nitrogens with one attached hydrogen (secondary N) is 1. The van der Waals surface area contributed by atoms with Crippen molar-refractivity contribution in [2.75, 3.05) is 5.32 Å². The fraction of sp³-hybridized carbons (Fsp3) is 0. The molecule has 3 rings (SSSR count). The molecule has 0 saturated heterocycles. The number of para-hydroxylation sites is 1. The van der Waals surface area contributed by atoms with Gasteiger partial charge in [-0.15, -0.1) is 5.10 Å². The number of nitrogens with zero attached hydrogens (tertiary/aromatic N) is 4. The Labute approximate surface area is 95.3 Å². The lowest BCUT2D eigenvalue weighted by Crippen LogP contribution is -1.94. The van der Waals surface area contributed by atoms with Crippen molar-refractivity contribution in [1.29, 1.82) is 0 Å². The normalized spacial score (nSPS) is 10.5. The number of anilines is 2. The van der Waals surface area contributed by atoms with E-state index in [-0.39, 0.29) is 0 Å². The molecule has 0 unspecified atom stereocenters. The average Bonchev–Trinajstić information content (AvgIpc) is 2.80. The number of rotatable bonds is 2. The summed E-state index contributed by atoms with van der Waals surface area (Å²) in [4.78, 5) is 9.03. The van der Waals surface area contributed by atoms with E-state index in [1.807, 2.05) is 30.3 Å². The zero-order valence-electron chi connectivity index (χ0n) is 8.16. The van der Waals surface area contributed by atoms with Crippen LogP contribution < -0.4 is 5.32 Å². The van der Waals surface area contributed by atoms with Crippen molar-refractivity contribution in [3.8, 4) is 0 Å². The minimum Gasteiger partial charge on any atom is -0.338 e. The van der Waals surface area contributed by atoms with Crippen LogP contribution >= 0.6 is 11.5 Å². The average molecular weight is 229 g/mol. The largest absolute Gasteiger partial charge is 0.338 e. The van der Waals surface area contributed by atoms with Crippen LogP contribution in [0.5, 0.6) is 0 Å². The van der Waals surface area contributed by atoms with Crippen molar-refractivity contribution in [3.63, 3.8) is 0 Å². The minimum absolute atomic E-state index is 0.685. The van der Waals surface area contributed by atoms with E-state index in [1.165, 1.54) is 17.9 Å². The fourth-order valence-electron chi connectivity index (χ4n) is 1.37. The summed E-state index contributed by atoms with van der Waals surface area (Å²) >= 11 is 1.26. The highest BCUT2D eigenvalue weighted by Gasteiger charge is 2.06. The van der Waals surface area contributed by atoms with Gasteiger partial charge in [-0.3, -0.25) is 0 Å². The first-order chi connectivity index (χ1) is 7.93. The van der Waals surface area contributed by atoms with Crippen LogP contribution in [0.15, 0.2) is 36.7 Å². The number of hydrogen-bond acceptors (Lipinski definition) is 6. The first kappa shape index (κ1) is 9.17. The van der Waals surface area contributed by atoms with Crippen LogP contribution in [0.3, 0.4) is 0 Å². The van der Waals surface area contributed by atoms with Gasteiger partial charge in [-0.25, -0.2) is 9.97 Å². The smallest absolute Gasteiger partial charge is 0.169 e. The number of aromatic nitrogens is 4. The van der Waals surface area contributed by atoms with Gasteiger partial charge in [0, 0.05) is 17.2 Å². The van der Waals surface area contributed by atoms with E-state index in [0.29, 0.717) is 11.3 Å². The van der Waals surface area contributed by atoms with E-state index in [1.54, 1.807) is 0 Å². The van der Waals surface area contributed by atoms with Crippen molar-refractivity contribution in [3.05, 3.63) is 36.7 Å². The van der Waals surface area contributed by atoms with Crippen LogP contribution in [-0.4, -0.2) is 19.6 Å². The molecule has 0 radical (unpaired) electrons. The molecule has 0 saturated carbocycles. The summed E-state index contributed by atoms with van der Waals surface area (Å²) in [6.07, 6.45) is 1.51. The monoisotopic (exact) mass is 229 g/mol. The lowest BCUT2D eigenvalue weighted by Gasteiger charge is -2.03. The van der Waals surface area contributed by atoms with E-state index in [4.69, 9.17) is 0 Å². The first-order valence-electron chi connectivity index (χ1n) is 4.68. The van der Waals surface area contributed by atoms with Gasteiger partial charge in [-0.2, -0.15) is 0 Å². The number of fused-ring (bicyclic) bond motifs is 1. The molecule has 2 aromatic heterocycles. The van der Waals surface area contributed by atoms with Crippen molar-refractivity contribution in [1.82, 2.24) is 19.6 Å². The first-order valence-corrected chi connectivity index (χ1v) is 5.46. The summed E-state index contributed by atoms with van der Waals surface area (Å²) in [6, 6.07) is 9.81. The molecule has 2 heterocycles. The Morgan fingerprint density at radius 1 is 1.06 bits per heavy atom. The van der Waals surface area contributed by atoms with E-state index < -0.39 is 0 Å². The fourth-order valence-corrected chi connectivity index (χ4v) is 1.89. The van der Waals surface area contributed by atoms with Crippen molar-refractivity contribution >= 4 is 33.4 Å². The van der Waals surface area contributed by atoms with Gasteiger partial charge in [-0.05, 0) is 12.1 Å². The van der Waals surface area contributed by atoms with Crippen LogP contribution in [0, 0.1) is 0 Å². The Balaban J connectivity index is 2.04. The molecule has 1 aromatic carbocycles. The standard InChI is InChI=1S/C10H7N5S/c1-2-4-7(5-3-1)13-9-8-10(12-6-11-9)16-15-14-8/h1-6H,(H,11,12,13). The summed E-state index contributed by atoms with van der Waals surface area (Å²) in [5.41, 5.74) is 1.67. The molecule has 78 valence electrons. The predicted molar refractivity (Wildman–Crippen MR) is 62.7 cm³/mol. The van der Waals surface area contributed by atoms with Gasteiger partial charge in [0.2, 0.25) is 0 Å². The summed E-state index contributed by atoms with van der Waals surface area (Å²) in [5, 5.41) is 7.18. The Morgan fingerprint density at radius 3 is 2.81 bits per heavy atom. The molecule has 3 aromatic rings. The highest BCUT2D eigenvalue weighted by Crippen LogP contribution is 2.21. The summed E-state index contributed by atoms with van der Waals surface area (Å²) in [6.45, 7) is 0. The molecule has 1 N–H and O–H groups in total. The second-order valence-electron chi connectivity index (χ2n) is 3.14. The molecule has 0 amide bonds. The number of benzene rings is 1. The second-order valence-corrected chi connectivity index (χ2v) is 3.87. The maximum atomic E-state index is 4.16. The zero-order chi connectivity index (χ0) is 10.8. The second kappa shape index (κ2) is 3.82. The molecule has 0 bridgehead atoms. The topological polar surface area (TPSA) is 63.6 Å². The quantitative estimate of drug-likeness (QED) is 0.730. The molecule has 0 atom stereocenters. The van der Waals surface area contributed by atoms with Crippen molar-refractivity contribution < 1.29 is 0 Å². The Kier molecular flexibility index (Phi) is 2.19. The lowest BCUT2D eigenvalue weighted by atomic mass is 10.3. The maximum absolute atomic E-state index is 4.16. The van der Waals surface area contributed by atoms with Gasteiger partial charge in [-0.1, -0.05) is 22.7 Å². The van der Waals surface area contributed by atoms with Gasteiger partial charge in [0.05, 0.1) is 0 Å². The Morgan fingerprint density at radius 2 is 1.94 bits per heavy atom. The summed E-state index contributed by atoms with van der Waals surface area (Å²) in [5.74, 6) is 0.685. The van der Waals surface area contributed by atoms with Crippen molar-refractivity contribution in [2.24, 2.45) is 0 Å². The van der Waals surface area contributed by atoms with Crippen LogP contribution in [0.25, 0.3) is 10.3 Å². The van der Waals surface area contributed by atoms with Gasteiger partial charge >= 0.3 is 0 Å². The molecule has 16 heavy (non-hydrogen) atoms. The third kappa shape index (κ3) is 1.59. The molecule has 0 spiro atoms. The molecular formula is C10H7N5S. The van der Waals surface area contributed by atoms with E-state index in [2.05, 4.69) is 24.9 Å². The number of hydrogen-bond donors (Lipinski definition) is 1. The SMILES string of the molecule is c1ccc(Nc2ncnc3snnc23)cc1. The molecule has 0 fully saturated rings. The summed E-state index contributed by atoms with van der Waals surface area (Å²) < 4.78 is 3.85. The van der Waals surface area contributed by atoms with E-state index in [9.17, 15) is 0 Å². The lowest BCUT2D eigenvalue weighted by molar-refractivity contribution is 1.16. The third-order valence-corrected chi connectivity index (χ3v) is 2.73. The van der Waals surface area contributed by atoms with Crippen molar-refractivity contribution in [2.45, 2.75) is 0 Å². The molecule has 5 nitrogen and oxygen atoms in total. The zero-order valence-corrected chi connectivity index (χ0v) is 8.98. The highest BCUT2D eigenvalue weighted by molar-refractivity contribution is 7.12. The van der Waals surface area contributed by atoms with Crippen LogP contribution in [0.1, 0.15) is 0 Å². The maximum Gasteiger partial charge on any atom is 0.169 e. The van der Waals surface area contributed by atoms with Gasteiger partial charge in [0.1, 0.15) is 6.33 Å². The predicted octanol–water partition coefficient (Wildman–Crippen LogP) is 2.22. The Hall–Kier alpha value is -2.08. The van der Waals surface area contributed by atoms with Crippen LogP contribution in [0.4, 0.5) is 11.5 Å². The van der Waals surface area contributed by atoms with Crippen LogP contribution in [-0.2, 0) is 0 Å². The van der Waals surface area contributed by atoms with Gasteiger partial charge in [0.25, 0.3) is 0 Å². The highest BCUT2D eigenvalue weighted by atomic mass is 32.1. The molecule has 0 aliphatic rings. The van der Waals surface area contributed by atoms with Crippen LogP contribution in [0.2, 0.25) is 0 Å². The van der Waals surface area contributed by atoms with Gasteiger partial charge in [0.15, 0.2) is 16.2 Å². The van der Waals surface area contributed by atoms with E-state index >= 15 is 0 Å². The molecule has 0 aliphatic carbocycles.